The molecule has 1 amide bonds. The maximum Gasteiger partial charge on any atom is 0.239 e. The molecule has 0 saturated heterocycles. The van der Waals surface area contributed by atoms with E-state index in [1.807, 2.05) is 6.92 Å². The molecule has 5 heteroatoms. The first-order valence-corrected chi connectivity index (χ1v) is 5.94. The molecule has 0 heterocycles. The largest absolute Gasteiger partial charge is 0.360 e. The van der Waals surface area contributed by atoms with E-state index in [9.17, 15) is 4.79 Å². The predicted octanol–water partition coefficient (Wildman–Crippen LogP) is 0.529. The summed E-state index contributed by atoms with van der Waals surface area (Å²) in [5.41, 5.74) is 0. The second-order valence-electron chi connectivity index (χ2n) is 3.76. The number of rotatable bonds is 4. The van der Waals surface area contributed by atoms with E-state index in [0.29, 0.717) is 17.7 Å². The Hall–Kier alpha value is -0.840. The van der Waals surface area contributed by atoms with Crippen LogP contribution in [-0.4, -0.2) is 30.2 Å². The molecule has 0 spiro atoms. The number of thiocarbonyl (C=S) groups is 1. The van der Waals surface area contributed by atoms with E-state index in [1.165, 1.54) is 25.7 Å². The summed E-state index contributed by atoms with van der Waals surface area (Å²) in [6.45, 7) is 2.81. The number of amides is 1. The van der Waals surface area contributed by atoms with Gasteiger partial charge in [-0.05, 0) is 32.0 Å². The average Bonchev–Trinajstić information content (AvgIpc) is 2.68. The molecule has 15 heavy (non-hydrogen) atoms. The smallest absolute Gasteiger partial charge is 0.239 e. The van der Waals surface area contributed by atoms with Crippen molar-refractivity contribution in [3.05, 3.63) is 0 Å². The van der Waals surface area contributed by atoms with Gasteiger partial charge in [0.05, 0.1) is 6.54 Å². The minimum atomic E-state index is -0.0203. The Morgan fingerprint density at radius 1 is 1.33 bits per heavy atom. The zero-order valence-corrected chi connectivity index (χ0v) is 9.95. The lowest BCUT2D eigenvalue weighted by atomic mass is 10.3. The minimum Gasteiger partial charge on any atom is -0.360 e. The van der Waals surface area contributed by atoms with Crippen molar-refractivity contribution >= 4 is 23.2 Å². The maximum absolute atomic E-state index is 11.1. The third-order valence-electron chi connectivity index (χ3n) is 2.47. The molecular weight excluding hydrogens is 210 g/mol. The monoisotopic (exact) mass is 229 g/mol. The van der Waals surface area contributed by atoms with E-state index < -0.39 is 0 Å². The third-order valence-corrected chi connectivity index (χ3v) is 2.74. The summed E-state index contributed by atoms with van der Waals surface area (Å²) in [6.07, 6.45) is 4.92. The zero-order chi connectivity index (χ0) is 11.1. The Morgan fingerprint density at radius 3 is 2.60 bits per heavy atom. The third kappa shape index (κ3) is 4.97. The molecule has 1 saturated carbocycles. The fourth-order valence-corrected chi connectivity index (χ4v) is 1.97. The molecule has 3 N–H and O–H groups in total. The molecule has 0 aromatic heterocycles. The van der Waals surface area contributed by atoms with Crippen LogP contribution in [0.5, 0.6) is 0 Å². The van der Waals surface area contributed by atoms with E-state index in [-0.39, 0.29) is 12.5 Å². The lowest BCUT2D eigenvalue weighted by Gasteiger charge is -2.15. The van der Waals surface area contributed by atoms with Crippen LogP contribution in [0.15, 0.2) is 0 Å². The van der Waals surface area contributed by atoms with Gasteiger partial charge in [-0.3, -0.25) is 4.79 Å². The van der Waals surface area contributed by atoms with Crippen LogP contribution >= 0.6 is 12.2 Å². The molecule has 1 aliphatic rings. The van der Waals surface area contributed by atoms with Gasteiger partial charge in [0.2, 0.25) is 5.91 Å². The van der Waals surface area contributed by atoms with E-state index in [0.717, 1.165) is 0 Å². The second kappa shape index (κ2) is 6.61. The fourth-order valence-electron chi connectivity index (χ4n) is 1.73. The van der Waals surface area contributed by atoms with Gasteiger partial charge in [-0.25, -0.2) is 0 Å². The first-order chi connectivity index (χ1) is 7.22. The van der Waals surface area contributed by atoms with Gasteiger partial charge in [0.25, 0.3) is 0 Å². The lowest BCUT2D eigenvalue weighted by Crippen LogP contribution is -2.44. The van der Waals surface area contributed by atoms with Crippen molar-refractivity contribution < 1.29 is 4.79 Å². The molecule has 0 aliphatic heterocycles. The van der Waals surface area contributed by atoms with Crippen molar-refractivity contribution in [2.45, 2.75) is 38.6 Å². The molecule has 0 bridgehead atoms. The Kier molecular flexibility index (Phi) is 5.39. The Balaban J connectivity index is 2.10. The van der Waals surface area contributed by atoms with E-state index >= 15 is 0 Å². The summed E-state index contributed by atoms with van der Waals surface area (Å²) in [6, 6.07) is 0.499. The molecule has 4 nitrogen and oxygen atoms in total. The highest BCUT2D eigenvalue weighted by molar-refractivity contribution is 7.80. The number of hydrogen-bond donors (Lipinski definition) is 3. The quantitative estimate of drug-likeness (QED) is 0.616. The molecule has 0 aromatic rings. The Labute approximate surface area is 96.2 Å². The molecule has 1 fully saturated rings. The van der Waals surface area contributed by atoms with E-state index in [2.05, 4.69) is 16.0 Å². The van der Waals surface area contributed by atoms with Crippen molar-refractivity contribution in [1.82, 2.24) is 16.0 Å². The van der Waals surface area contributed by atoms with E-state index in [4.69, 9.17) is 12.2 Å². The van der Waals surface area contributed by atoms with Crippen LogP contribution in [0.25, 0.3) is 0 Å². The summed E-state index contributed by atoms with van der Waals surface area (Å²) >= 11 is 5.09. The zero-order valence-electron chi connectivity index (χ0n) is 9.14. The van der Waals surface area contributed by atoms with Gasteiger partial charge in [0.1, 0.15) is 0 Å². The standard InChI is InChI=1S/C10H19N3OS/c1-2-11-9(14)7-12-10(15)13-8-5-3-4-6-8/h8H,2-7H2,1H3,(H,11,14)(H2,12,13,15). The first kappa shape index (κ1) is 12.2. The summed E-state index contributed by atoms with van der Waals surface area (Å²) in [5.74, 6) is -0.0203. The minimum absolute atomic E-state index is 0.0203. The fraction of sp³-hybridized carbons (Fsp3) is 0.800. The molecule has 0 atom stereocenters. The van der Waals surface area contributed by atoms with Crippen molar-refractivity contribution in [3.63, 3.8) is 0 Å². The van der Waals surface area contributed by atoms with Crippen LogP contribution in [0.4, 0.5) is 0 Å². The van der Waals surface area contributed by atoms with Gasteiger partial charge in [-0.2, -0.15) is 0 Å². The molecule has 0 unspecified atom stereocenters. The van der Waals surface area contributed by atoms with Crippen molar-refractivity contribution in [2.24, 2.45) is 0 Å². The highest BCUT2D eigenvalue weighted by Gasteiger charge is 2.15. The predicted molar refractivity (Wildman–Crippen MR) is 64.7 cm³/mol. The van der Waals surface area contributed by atoms with Crippen LogP contribution in [0, 0.1) is 0 Å². The topological polar surface area (TPSA) is 53.2 Å². The number of carbonyl (C=O) groups is 1. The highest BCUT2D eigenvalue weighted by Crippen LogP contribution is 2.17. The number of hydrogen-bond acceptors (Lipinski definition) is 2. The second-order valence-corrected chi connectivity index (χ2v) is 4.17. The van der Waals surface area contributed by atoms with Crippen molar-refractivity contribution in [3.8, 4) is 0 Å². The maximum atomic E-state index is 11.1. The number of nitrogens with one attached hydrogen (secondary N) is 3. The van der Waals surface area contributed by atoms with Gasteiger partial charge < -0.3 is 16.0 Å². The van der Waals surface area contributed by atoms with Gasteiger partial charge in [-0.1, -0.05) is 12.8 Å². The van der Waals surface area contributed by atoms with Crippen molar-refractivity contribution in [1.29, 1.82) is 0 Å². The van der Waals surface area contributed by atoms with Gasteiger partial charge in [0.15, 0.2) is 5.11 Å². The van der Waals surface area contributed by atoms with Gasteiger partial charge in [0, 0.05) is 12.6 Å². The lowest BCUT2D eigenvalue weighted by molar-refractivity contribution is -0.119. The first-order valence-electron chi connectivity index (χ1n) is 5.53. The molecule has 1 aliphatic carbocycles. The summed E-state index contributed by atoms with van der Waals surface area (Å²) in [7, 11) is 0. The molecule has 0 aromatic carbocycles. The molecular formula is C10H19N3OS. The normalized spacial score (nSPS) is 16.1. The van der Waals surface area contributed by atoms with Crippen LogP contribution in [0.1, 0.15) is 32.6 Å². The Morgan fingerprint density at radius 2 is 2.00 bits per heavy atom. The van der Waals surface area contributed by atoms with E-state index in [1.54, 1.807) is 0 Å². The number of likely N-dealkylation sites (N-methyl/N-ethyl adjacent to an activating group) is 1. The van der Waals surface area contributed by atoms with Crippen LogP contribution in [0.3, 0.4) is 0 Å². The molecule has 1 rings (SSSR count). The van der Waals surface area contributed by atoms with Crippen LogP contribution < -0.4 is 16.0 Å². The van der Waals surface area contributed by atoms with Gasteiger partial charge >= 0.3 is 0 Å². The van der Waals surface area contributed by atoms with Crippen molar-refractivity contribution in [2.75, 3.05) is 13.1 Å². The summed E-state index contributed by atoms with van der Waals surface area (Å²) < 4.78 is 0. The summed E-state index contributed by atoms with van der Waals surface area (Å²) in [5, 5.41) is 9.42. The summed E-state index contributed by atoms with van der Waals surface area (Å²) in [4.78, 5) is 11.1. The molecule has 0 radical (unpaired) electrons. The number of carbonyl (C=O) groups excluding carboxylic acids is 1. The highest BCUT2D eigenvalue weighted by atomic mass is 32.1. The average molecular weight is 229 g/mol. The Bertz CT molecular complexity index is 227. The van der Waals surface area contributed by atoms with Gasteiger partial charge in [-0.15, -0.1) is 0 Å². The van der Waals surface area contributed by atoms with Crippen LogP contribution in [0.2, 0.25) is 0 Å². The molecule has 86 valence electrons. The SMILES string of the molecule is CCNC(=O)CNC(=S)NC1CCCC1. The van der Waals surface area contributed by atoms with Crippen LogP contribution in [-0.2, 0) is 4.79 Å².